The van der Waals surface area contributed by atoms with E-state index in [1.165, 1.54) is 32.8 Å². The van der Waals surface area contributed by atoms with E-state index in [1.807, 2.05) is 0 Å². The third-order valence-corrected chi connectivity index (χ3v) is 6.75. The highest BCUT2D eigenvalue weighted by Gasteiger charge is 2.35. The second-order valence-corrected chi connectivity index (χ2v) is 8.81. The van der Waals surface area contributed by atoms with E-state index in [9.17, 15) is 19.5 Å². The van der Waals surface area contributed by atoms with Crippen LogP contribution in [0.5, 0.6) is 23.0 Å². The van der Waals surface area contributed by atoms with Crippen molar-refractivity contribution in [2.24, 2.45) is 0 Å². The monoisotopic (exact) mass is 512 g/mol. The van der Waals surface area contributed by atoms with Crippen LogP contribution in [0.2, 0.25) is 0 Å². The lowest BCUT2D eigenvalue weighted by molar-refractivity contribution is -0.135. The maximum absolute atomic E-state index is 13.7. The number of fused-ring (bicyclic) bond motifs is 4. The topological polar surface area (TPSA) is 125 Å². The molecule has 0 bridgehead atoms. The Morgan fingerprint density at radius 2 is 1.68 bits per heavy atom. The number of para-hydroxylation sites is 1. The SMILES string of the molecule is COc1ccc(-c2coc3c4c(cc(O)c3c2=O)OC(=O)CC4c2coc3ccccc3c2=O)cc1OC. The fourth-order valence-electron chi connectivity index (χ4n) is 4.93. The summed E-state index contributed by atoms with van der Waals surface area (Å²) in [7, 11) is 2.98. The van der Waals surface area contributed by atoms with Crippen molar-refractivity contribution in [2.75, 3.05) is 14.2 Å². The average Bonchev–Trinajstić information content (AvgIpc) is 2.92. The van der Waals surface area contributed by atoms with Crippen LogP contribution in [-0.4, -0.2) is 25.3 Å². The van der Waals surface area contributed by atoms with E-state index in [4.69, 9.17) is 23.0 Å². The standard InChI is InChI=1S/C29H20O9/c1-34-21-8-7-14(9-22(21)35-2)17-12-37-29-25-16(18-13-36-20-6-4-3-5-15(20)27(18)32)10-24(31)38-23(25)11-19(30)26(29)28(17)33/h3-9,11-13,16,30H,10H2,1-2H3. The van der Waals surface area contributed by atoms with Gasteiger partial charge in [0.1, 0.15) is 34.3 Å². The summed E-state index contributed by atoms with van der Waals surface area (Å²) in [5, 5.41) is 11.1. The van der Waals surface area contributed by atoms with Crippen molar-refractivity contribution in [2.45, 2.75) is 12.3 Å². The Hall–Kier alpha value is -5.05. The smallest absolute Gasteiger partial charge is 0.312 e. The first kappa shape index (κ1) is 23.4. The number of carbonyl (C=O) groups excluding carboxylic acids is 1. The van der Waals surface area contributed by atoms with Gasteiger partial charge in [0.2, 0.25) is 5.43 Å². The maximum Gasteiger partial charge on any atom is 0.312 e. The number of aromatic hydroxyl groups is 1. The number of rotatable bonds is 4. The van der Waals surface area contributed by atoms with Gasteiger partial charge in [0, 0.05) is 23.1 Å². The van der Waals surface area contributed by atoms with E-state index >= 15 is 0 Å². The van der Waals surface area contributed by atoms with Crippen molar-refractivity contribution < 1.29 is 32.9 Å². The van der Waals surface area contributed by atoms with Crippen LogP contribution >= 0.6 is 0 Å². The molecule has 0 saturated heterocycles. The minimum Gasteiger partial charge on any atom is -0.507 e. The van der Waals surface area contributed by atoms with Crippen LogP contribution < -0.4 is 25.1 Å². The maximum atomic E-state index is 13.7. The van der Waals surface area contributed by atoms with E-state index in [1.54, 1.807) is 42.5 Å². The number of carbonyl (C=O) groups is 1. The molecule has 0 radical (unpaired) electrons. The van der Waals surface area contributed by atoms with Crippen molar-refractivity contribution in [3.05, 3.63) is 92.6 Å². The highest BCUT2D eigenvalue weighted by molar-refractivity contribution is 5.94. The molecule has 1 aliphatic rings. The lowest BCUT2D eigenvalue weighted by atomic mass is 9.85. The number of methoxy groups -OCH3 is 2. The van der Waals surface area contributed by atoms with E-state index in [2.05, 4.69) is 0 Å². The van der Waals surface area contributed by atoms with Gasteiger partial charge < -0.3 is 28.2 Å². The lowest BCUT2D eigenvalue weighted by Crippen LogP contribution is -2.25. The van der Waals surface area contributed by atoms with Crippen LogP contribution in [0.25, 0.3) is 33.1 Å². The van der Waals surface area contributed by atoms with E-state index < -0.39 is 23.1 Å². The summed E-state index contributed by atoms with van der Waals surface area (Å²) in [5.41, 5.74) is 0.747. The molecule has 0 aliphatic carbocycles. The first-order valence-electron chi connectivity index (χ1n) is 11.7. The largest absolute Gasteiger partial charge is 0.507 e. The summed E-state index contributed by atoms with van der Waals surface area (Å²) in [6, 6.07) is 12.9. The fourth-order valence-corrected chi connectivity index (χ4v) is 4.93. The highest BCUT2D eigenvalue weighted by Crippen LogP contribution is 2.45. The Bertz CT molecular complexity index is 1880. The van der Waals surface area contributed by atoms with Crippen molar-refractivity contribution in [3.8, 4) is 34.1 Å². The van der Waals surface area contributed by atoms with Crippen LogP contribution in [0.3, 0.4) is 0 Å². The molecular weight excluding hydrogens is 492 g/mol. The van der Waals surface area contributed by atoms with Crippen LogP contribution in [0, 0.1) is 0 Å². The summed E-state index contributed by atoms with van der Waals surface area (Å²) in [6.45, 7) is 0. The second kappa shape index (κ2) is 8.81. The second-order valence-electron chi connectivity index (χ2n) is 8.81. The Morgan fingerprint density at radius 1 is 0.895 bits per heavy atom. The van der Waals surface area contributed by atoms with E-state index in [-0.39, 0.29) is 39.7 Å². The number of ether oxygens (including phenoxy) is 3. The molecule has 9 nitrogen and oxygen atoms in total. The van der Waals surface area contributed by atoms with Crippen LogP contribution in [-0.2, 0) is 4.79 Å². The van der Waals surface area contributed by atoms with Gasteiger partial charge >= 0.3 is 5.97 Å². The molecule has 9 heteroatoms. The first-order valence-corrected chi connectivity index (χ1v) is 11.7. The molecule has 0 saturated carbocycles. The third kappa shape index (κ3) is 3.51. The number of hydrogen-bond acceptors (Lipinski definition) is 9. The summed E-state index contributed by atoms with van der Waals surface area (Å²) in [5.74, 6) is -0.950. The van der Waals surface area contributed by atoms with Crippen molar-refractivity contribution >= 4 is 27.9 Å². The minimum atomic E-state index is -0.828. The van der Waals surface area contributed by atoms with Gasteiger partial charge in [-0.05, 0) is 29.8 Å². The Kier molecular flexibility index (Phi) is 5.41. The van der Waals surface area contributed by atoms with E-state index in [0.29, 0.717) is 33.6 Å². The minimum absolute atomic E-state index is 0.00539. The summed E-state index contributed by atoms with van der Waals surface area (Å²) in [6.07, 6.45) is 2.39. The van der Waals surface area contributed by atoms with Crippen LogP contribution in [0.4, 0.5) is 0 Å². The lowest BCUT2D eigenvalue weighted by Gasteiger charge is -2.25. The summed E-state index contributed by atoms with van der Waals surface area (Å²) < 4.78 is 27.6. The molecule has 1 aliphatic heterocycles. The molecule has 0 amide bonds. The van der Waals surface area contributed by atoms with Gasteiger partial charge in [0.25, 0.3) is 0 Å². The number of phenolic OH excluding ortho intramolecular Hbond substituents is 1. The number of esters is 1. The predicted molar refractivity (Wildman–Crippen MR) is 137 cm³/mol. The molecule has 2 aromatic heterocycles. The number of phenols is 1. The molecule has 0 spiro atoms. The van der Waals surface area contributed by atoms with Gasteiger partial charge in [0.15, 0.2) is 16.9 Å². The van der Waals surface area contributed by atoms with Crippen LogP contribution in [0.1, 0.15) is 23.5 Å². The number of hydrogen-bond donors (Lipinski definition) is 1. The van der Waals surface area contributed by atoms with Gasteiger partial charge in [-0.15, -0.1) is 0 Å². The number of benzene rings is 3. The molecule has 1 atom stereocenters. The third-order valence-electron chi connectivity index (χ3n) is 6.75. The van der Waals surface area contributed by atoms with Gasteiger partial charge in [-0.2, -0.15) is 0 Å². The summed E-state index contributed by atoms with van der Waals surface area (Å²) >= 11 is 0. The molecule has 3 heterocycles. The summed E-state index contributed by atoms with van der Waals surface area (Å²) in [4.78, 5) is 39.5. The average molecular weight is 512 g/mol. The van der Waals surface area contributed by atoms with Gasteiger partial charge in [-0.1, -0.05) is 18.2 Å². The Labute approximate surface area is 214 Å². The molecular formula is C29H20O9. The highest BCUT2D eigenvalue weighted by atomic mass is 16.5. The predicted octanol–water partition coefficient (Wildman–Crippen LogP) is 4.73. The molecule has 1 N–H and O–H groups in total. The van der Waals surface area contributed by atoms with Gasteiger partial charge in [-0.3, -0.25) is 14.4 Å². The quantitative estimate of drug-likeness (QED) is 0.269. The van der Waals surface area contributed by atoms with Gasteiger partial charge in [0.05, 0.1) is 37.9 Å². The van der Waals surface area contributed by atoms with E-state index in [0.717, 1.165) is 0 Å². The molecule has 5 aromatic rings. The van der Waals surface area contributed by atoms with Crippen molar-refractivity contribution in [3.63, 3.8) is 0 Å². The fraction of sp³-hybridized carbons (Fsp3) is 0.138. The molecule has 0 fully saturated rings. The zero-order valence-corrected chi connectivity index (χ0v) is 20.3. The zero-order chi connectivity index (χ0) is 26.6. The Morgan fingerprint density at radius 3 is 2.47 bits per heavy atom. The zero-order valence-electron chi connectivity index (χ0n) is 20.3. The van der Waals surface area contributed by atoms with Crippen molar-refractivity contribution in [1.82, 2.24) is 0 Å². The van der Waals surface area contributed by atoms with Gasteiger partial charge in [-0.25, -0.2) is 0 Å². The molecule has 6 rings (SSSR count). The molecule has 190 valence electrons. The Balaban J connectivity index is 1.59. The first-order chi connectivity index (χ1) is 18.4. The molecule has 1 unspecified atom stereocenters. The molecule has 38 heavy (non-hydrogen) atoms. The van der Waals surface area contributed by atoms with Crippen molar-refractivity contribution in [1.29, 1.82) is 0 Å². The molecule has 3 aromatic carbocycles. The van der Waals surface area contributed by atoms with Crippen LogP contribution in [0.15, 0.2) is 79.5 Å². The normalized spacial score (nSPS) is 14.8.